The van der Waals surface area contributed by atoms with Gasteiger partial charge in [0.25, 0.3) is 11.8 Å². The SMILES string of the molecule is C[C@]1(O)C[C@@H](C(=O)NC2CC3(NC(=O)COc4ccc(Cl)c(F)c4)CC2C3)Oc2ccc(Cl)cc21. The monoisotopic (exact) mass is 522 g/mol. The van der Waals surface area contributed by atoms with Gasteiger partial charge in [-0.25, -0.2) is 4.39 Å². The van der Waals surface area contributed by atoms with E-state index < -0.39 is 23.1 Å². The summed E-state index contributed by atoms with van der Waals surface area (Å²) >= 11 is 11.7. The van der Waals surface area contributed by atoms with Crippen molar-refractivity contribution in [3.8, 4) is 11.5 Å². The summed E-state index contributed by atoms with van der Waals surface area (Å²) < 4.78 is 24.8. The first-order valence-corrected chi connectivity index (χ1v) is 12.2. The van der Waals surface area contributed by atoms with Gasteiger partial charge in [0.15, 0.2) is 12.7 Å². The molecule has 3 N–H and O–H groups in total. The number of hydrogen-bond acceptors (Lipinski definition) is 5. The zero-order chi connectivity index (χ0) is 25.0. The molecule has 2 amide bonds. The molecule has 3 aliphatic carbocycles. The van der Waals surface area contributed by atoms with Crippen molar-refractivity contribution in [1.82, 2.24) is 10.6 Å². The number of nitrogens with one attached hydrogen (secondary N) is 2. The standard InChI is InChI=1S/C25H25Cl2FN2O5/c1-24(33)11-21(35-20-5-2-14(26)6-16(20)24)23(32)29-19-10-25(8-13(19)9-25)30-22(31)12-34-15-3-4-17(27)18(28)7-15/h2-7,13,19,21,33H,8-12H2,1H3,(H,29,32)(H,30,31)/t13?,19?,21-,24-,25?/m0/s1. The van der Waals surface area contributed by atoms with Gasteiger partial charge in [0.2, 0.25) is 0 Å². The van der Waals surface area contributed by atoms with Crippen molar-refractivity contribution < 1.29 is 28.6 Å². The van der Waals surface area contributed by atoms with Crippen LogP contribution in [0.4, 0.5) is 4.39 Å². The zero-order valence-corrected chi connectivity index (χ0v) is 20.5. The molecule has 4 aliphatic rings. The molecule has 186 valence electrons. The molecule has 6 rings (SSSR count). The summed E-state index contributed by atoms with van der Waals surface area (Å²) in [4.78, 5) is 25.4. The Balaban J connectivity index is 1.14. The maximum Gasteiger partial charge on any atom is 0.261 e. The highest BCUT2D eigenvalue weighted by Crippen LogP contribution is 2.52. The van der Waals surface area contributed by atoms with Gasteiger partial charge >= 0.3 is 0 Å². The van der Waals surface area contributed by atoms with Gasteiger partial charge in [-0.15, -0.1) is 0 Å². The van der Waals surface area contributed by atoms with Gasteiger partial charge in [0.05, 0.1) is 10.6 Å². The molecule has 0 spiro atoms. The average molecular weight is 523 g/mol. The largest absolute Gasteiger partial charge is 0.484 e. The Kier molecular flexibility index (Phi) is 6.10. The van der Waals surface area contributed by atoms with Crippen LogP contribution in [0.25, 0.3) is 0 Å². The van der Waals surface area contributed by atoms with Crippen LogP contribution in [0.15, 0.2) is 36.4 Å². The minimum absolute atomic E-state index is 0.0175. The molecule has 0 aromatic heterocycles. The van der Waals surface area contributed by atoms with Crippen LogP contribution in [0.2, 0.25) is 10.0 Å². The normalized spacial score (nSPS) is 30.5. The maximum atomic E-state index is 13.5. The predicted molar refractivity (Wildman–Crippen MR) is 127 cm³/mol. The first-order valence-electron chi connectivity index (χ1n) is 11.4. The number of fused-ring (bicyclic) bond motifs is 2. The first-order chi connectivity index (χ1) is 16.5. The predicted octanol–water partition coefficient (Wildman–Crippen LogP) is 3.72. The van der Waals surface area contributed by atoms with Gasteiger partial charge in [-0.3, -0.25) is 9.59 Å². The summed E-state index contributed by atoms with van der Waals surface area (Å²) in [7, 11) is 0. The van der Waals surface area contributed by atoms with Crippen LogP contribution < -0.4 is 20.1 Å². The summed E-state index contributed by atoms with van der Waals surface area (Å²) in [6.45, 7) is 1.39. The van der Waals surface area contributed by atoms with E-state index in [0.717, 1.165) is 18.9 Å². The summed E-state index contributed by atoms with van der Waals surface area (Å²) in [5, 5.41) is 17.4. The number of benzene rings is 2. The molecule has 0 radical (unpaired) electrons. The minimum Gasteiger partial charge on any atom is -0.484 e. The second-order valence-electron chi connectivity index (χ2n) is 9.91. The molecule has 1 aliphatic heterocycles. The molecule has 3 fully saturated rings. The topological polar surface area (TPSA) is 96.9 Å². The van der Waals surface area contributed by atoms with E-state index in [1.807, 2.05) is 0 Å². The maximum absolute atomic E-state index is 13.5. The highest BCUT2D eigenvalue weighted by Gasteiger charge is 2.57. The molecule has 0 saturated heterocycles. The number of halogens is 3. The lowest BCUT2D eigenvalue weighted by Crippen LogP contribution is -2.53. The van der Waals surface area contributed by atoms with E-state index in [1.54, 1.807) is 25.1 Å². The van der Waals surface area contributed by atoms with Gasteiger partial charge in [-0.05, 0) is 62.4 Å². The second kappa shape index (κ2) is 8.84. The molecule has 1 unspecified atom stereocenters. The quantitative estimate of drug-likeness (QED) is 0.537. The van der Waals surface area contributed by atoms with Crippen molar-refractivity contribution >= 4 is 35.0 Å². The Morgan fingerprint density at radius 2 is 1.94 bits per heavy atom. The zero-order valence-electron chi connectivity index (χ0n) is 18.9. The van der Waals surface area contributed by atoms with Gasteiger partial charge < -0.3 is 25.2 Å². The molecule has 2 aromatic rings. The molecule has 2 bridgehead atoms. The minimum atomic E-state index is -1.25. The van der Waals surface area contributed by atoms with Crippen LogP contribution in [0, 0.1) is 11.7 Å². The molecule has 3 atom stereocenters. The van der Waals surface area contributed by atoms with Crippen LogP contribution in [-0.2, 0) is 15.2 Å². The van der Waals surface area contributed by atoms with Crippen LogP contribution >= 0.6 is 23.2 Å². The van der Waals surface area contributed by atoms with Crippen LogP contribution in [-0.4, -0.2) is 41.2 Å². The fraction of sp³-hybridized carbons (Fsp3) is 0.440. The Morgan fingerprint density at radius 1 is 1.17 bits per heavy atom. The molecule has 1 heterocycles. The van der Waals surface area contributed by atoms with Crippen molar-refractivity contribution in [2.45, 2.75) is 55.9 Å². The number of carbonyl (C=O) groups excluding carboxylic acids is 2. The lowest BCUT2D eigenvalue weighted by Gasteiger charge is -2.39. The van der Waals surface area contributed by atoms with Crippen LogP contribution in [0.5, 0.6) is 11.5 Å². The molecule has 10 heteroatoms. The smallest absolute Gasteiger partial charge is 0.261 e. The van der Waals surface area contributed by atoms with Gasteiger partial charge in [-0.2, -0.15) is 0 Å². The number of rotatable bonds is 6. The van der Waals surface area contributed by atoms with E-state index in [-0.39, 0.29) is 47.6 Å². The molecule has 3 saturated carbocycles. The highest BCUT2D eigenvalue weighted by molar-refractivity contribution is 6.31. The lowest BCUT2D eigenvalue weighted by atomic mass is 9.76. The summed E-state index contributed by atoms with van der Waals surface area (Å²) in [5.74, 6) is -0.317. The third-order valence-corrected chi connectivity index (χ3v) is 7.69. The van der Waals surface area contributed by atoms with Crippen molar-refractivity contribution in [3.05, 3.63) is 57.8 Å². The summed E-state index contributed by atoms with van der Waals surface area (Å²) in [6, 6.07) is 8.85. The molecule has 7 nitrogen and oxygen atoms in total. The van der Waals surface area contributed by atoms with Gasteiger partial charge in [0.1, 0.15) is 17.3 Å². The average Bonchev–Trinajstić information content (AvgIpc) is 3.28. The van der Waals surface area contributed by atoms with E-state index in [1.165, 1.54) is 12.1 Å². The molecule has 35 heavy (non-hydrogen) atoms. The van der Waals surface area contributed by atoms with Crippen LogP contribution in [0.3, 0.4) is 0 Å². The first kappa shape index (κ1) is 24.2. The van der Waals surface area contributed by atoms with Crippen molar-refractivity contribution in [2.24, 2.45) is 5.92 Å². The lowest BCUT2D eigenvalue weighted by molar-refractivity contribution is -0.134. The number of carbonyl (C=O) groups is 2. The van der Waals surface area contributed by atoms with E-state index in [4.69, 9.17) is 32.7 Å². The molecular weight excluding hydrogens is 498 g/mol. The number of amides is 2. The summed E-state index contributed by atoms with van der Waals surface area (Å²) in [6.07, 6.45) is 1.37. The van der Waals surface area contributed by atoms with Gasteiger partial charge in [-0.1, -0.05) is 23.2 Å². The Labute approximate surface area is 211 Å². The van der Waals surface area contributed by atoms with Crippen LogP contribution in [0.1, 0.15) is 38.2 Å². The van der Waals surface area contributed by atoms with Crippen molar-refractivity contribution in [3.63, 3.8) is 0 Å². The summed E-state index contributed by atoms with van der Waals surface area (Å²) in [5.41, 5.74) is -1.08. The Hall–Kier alpha value is -2.55. The fourth-order valence-electron chi connectivity index (χ4n) is 5.47. The van der Waals surface area contributed by atoms with E-state index >= 15 is 0 Å². The third-order valence-electron chi connectivity index (χ3n) is 7.15. The van der Waals surface area contributed by atoms with Crippen molar-refractivity contribution in [1.29, 1.82) is 0 Å². The number of ether oxygens (including phenoxy) is 2. The van der Waals surface area contributed by atoms with E-state index in [9.17, 15) is 19.1 Å². The third kappa shape index (κ3) is 4.79. The second-order valence-corrected chi connectivity index (χ2v) is 10.7. The van der Waals surface area contributed by atoms with Gasteiger partial charge in [0, 0.05) is 34.7 Å². The number of hydrogen-bond donors (Lipinski definition) is 3. The van der Waals surface area contributed by atoms with Crippen molar-refractivity contribution in [2.75, 3.05) is 6.61 Å². The molecular formula is C25H25Cl2FN2O5. The Bertz CT molecular complexity index is 1180. The van der Waals surface area contributed by atoms with E-state index in [2.05, 4.69) is 10.6 Å². The molecule has 2 aromatic carbocycles. The number of aliphatic hydroxyl groups is 1. The Morgan fingerprint density at radius 3 is 2.69 bits per heavy atom. The fourth-order valence-corrected chi connectivity index (χ4v) is 5.76. The van der Waals surface area contributed by atoms with E-state index in [0.29, 0.717) is 22.8 Å². The highest BCUT2D eigenvalue weighted by atomic mass is 35.5.